The molecule has 0 spiro atoms. The summed E-state index contributed by atoms with van der Waals surface area (Å²) in [5, 5.41) is 0. The summed E-state index contributed by atoms with van der Waals surface area (Å²) in [5.41, 5.74) is 0.712. The number of ether oxygens (including phenoxy) is 1. The summed E-state index contributed by atoms with van der Waals surface area (Å²) in [6.45, 7) is 7.81. The third-order valence-electron chi connectivity index (χ3n) is 3.07. The maximum absolute atomic E-state index is 11.6. The van der Waals surface area contributed by atoms with Crippen LogP contribution in [0.1, 0.15) is 38.7 Å². The first-order chi connectivity index (χ1) is 7.95. The van der Waals surface area contributed by atoms with Gasteiger partial charge in [-0.2, -0.15) is 0 Å². The Bertz CT molecular complexity index is 439. The molecule has 1 aromatic heterocycles. The van der Waals surface area contributed by atoms with Crippen LogP contribution in [0.4, 0.5) is 0 Å². The molecule has 1 aliphatic rings. The lowest BCUT2D eigenvalue weighted by atomic mass is 9.92. The highest BCUT2D eigenvalue weighted by Gasteiger charge is 2.20. The smallest absolute Gasteiger partial charge is 0.251 e. The van der Waals surface area contributed by atoms with Gasteiger partial charge in [-0.3, -0.25) is 4.79 Å². The SMILES string of the molecule is CC(C)(C)c1cc(=O)[nH]c(CC2CCOC2)n1. The number of aromatic amines is 1. The molecule has 4 nitrogen and oxygen atoms in total. The lowest BCUT2D eigenvalue weighted by Crippen LogP contribution is -2.22. The molecule has 1 N–H and O–H groups in total. The molecule has 1 fully saturated rings. The monoisotopic (exact) mass is 236 g/mol. The van der Waals surface area contributed by atoms with E-state index in [1.165, 1.54) is 0 Å². The number of rotatable bonds is 2. The van der Waals surface area contributed by atoms with Gasteiger partial charge in [0.05, 0.1) is 5.69 Å². The average molecular weight is 236 g/mol. The van der Waals surface area contributed by atoms with Gasteiger partial charge in [0.15, 0.2) is 0 Å². The quantitative estimate of drug-likeness (QED) is 0.849. The van der Waals surface area contributed by atoms with Crippen LogP contribution in [0.3, 0.4) is 0 Å². The van der Waals surface area contributed by atoms with E-state index in [1.54, 1.807) is 6.07 Å². The maximum atomic E-state index is 11.6. The normalized spacial score (nSPS) is 20.8. The molecule has 94 valence electrons. The van der Waals surface area contributed by atoms with Gasteiger partial charge >= 0.3 is 0 Å². The lowest BCUT2D eigenvalue weighted by molar-refractivity contribution is 0.185. The third kappa shape index (κ3) is 3.16. The summed E-state index contributed by atoms with van der Waals surface area (Å²) in [6.07, 6.45) is 1.86. The van der Waals surface area contributed by atoms with Gasteiger partial charge in [-0.1, -0.05) is 20.8 Å². The van der Waals surface area contributed by atoms with Crippen LogP contribution in [0.15, 0.2) is 10.9 Å². The van der Waals surface area contributed by atoms with Crippen molar-refractivity contribution in [1.82, 2.24) is 9.97 Å². The molecule has 2 rings (SSSR count). The molecule has 0 radical (unpaired) electrons. The van der Waals surface area contributed by atoms with Crippen LogP contribution in [-0.4, -0.2) is 23.2 Å². The minimum absolute atomic E-state index is 0.0566. The molecule has 1 aliphatic heterocycles. The summed E-state index contributed by atoms with van der Waals surface area (Å²) in [7, 11) is 0. The molecule has 17 heavy (non-hydrogen) atoms. The van der Waals surface area contributed by atoms with E-state index in [1.807, 2.05) is 0 Å². The van der Waals surface area contributed by atoms with Crippen molar-refractivity contribution < 1.29 is 4.74 Å². The van der Waals surface area contributed by atoms with Crippen molar-refractivity contribution in [3.05, 3.63) is 27.9 Å². The van der Waals surface area contributed by atoms with Gasteiger partial charge in [0.25, 0.3) is 5.56 Å². The van der Waals surface area contributed by atoms with Gasteiger partial charge in [-0.15, -0.1) is 0 Å². The fourth-order valence-corrected chi connectivity index (χ4v) is 2.01. The molecule has 0 aromatic carbocycles. The highest BCUT2D eigenvalue weighted by Crippen LogP contribution is 2.20. The molecular formula is C13H20N2O2. The number of nitrogens with one attached hydrogen (secondary N) is 1. The maximum Gasteiger partial charge on any atom is 0.251 e. The minimum Gasteiger partial charge on any atom is -0.381 e. The number of nitrogens with zero attached hydrogens (tertiary/aromatic N) is 1. The van der Waals surface area contributed by atoms with Crippen molar-refractivity contribution in [2.24, 2.45) is 5.92 Å². The van der Waals surface area contributed by atoms with Gasteiger partial charge in [0, 0.05) is 31.1 Å². The Hall–Kier alpha value is -1.16. The molecular weight excluding hydrogens is 216 g/mol. The van der Waals surface area contributed by atoms with E-state index in [0.29, 0.717) is 5.92 Å². The van der Waals surface area contributed by atoms with Crippen molar-refractivity contribution in [2.45, 2.75) is 39.0 Å². The Morgan fingerprint density at radius 3 is 2.88 bits per heavy atom. The number of hydrogen-bond acceptors (Lipinski definition) is 3. The predicted octanol–water partition coefficient (Wildman–Crippen LogP) is 1.65. The van der Waals surface area contributed by atoms with E-state index in [0.717, 1.165) is 37.6 Å². The molecule has 2 heterocycles. The van der Waals surface area contributed by atoms with Gasteiger partial charge in [-0.25, -0.2) is 4.98 Å². The molecule has 1 aromatic rings. The zero-order valence-corrected chi connectivity index (χ0v) is 10.7. The second-order valence-corrected chi connectivity index (χ2v) is 5.76. The molecule has 0 amide bonds. The van der Waals surface area contributed by atoms with Gasteiger partial charge < -0.3 is 9.72 Å². The number of aromatic nitrogens is 2. The molecule has 0 aliphatic carbocycles. The first-order valence-corrected chi connectivity index (χ1v) is 6.13. The minimum atomic E-state index is -0.0881. The Labute approximate surface area is 101 Å². The molecule has 1 saturated heterocycles. The Morgan fingerprint density at radius 1 is 1.53 bits per heavy atom. The fourth-order valence-electron chi connectivity index (χ4n) is 2.01. The highest BCUT2D eigenvalue weighted by molar-refractivity contribution is 5.12. The van der Waals surface area contributed by atoms with Crippen molar-refractivity contribution in [2.75, 3.05) is 13.2 Å². The van der Waals surface area contributed by atoms with Crippen LogP contribution in [0, 0.1) is 5.92 Å². The summed E-state index contributed by atoms with van der Waals surface area (Å²) in [5.74, 6) is 1.28. The molecule has 1 unspecified atom stereocenters. The van der Waals surface area contributed by atoms with Gasteiger partial charge in [-0.05, 0) is 12.3 Å². The molecule has 4 heteroatoms. The lowest BCUT2D eigenvalue weighted by Gasteiger charge is -2.18. The summed E-state index contributed by atoms with van der Waals surface area (Å²) in [6, 6.07) is 1.59. The van der Waals surface area contributed by atoms with E-state index in [-0.39, 0.29) is 11.0 Å². The number of H-pyrrole nitrogens is 1. The Balaban J connectivity index is 2.22. The molecule has 0 saturated carbocycles. The number of hydrogen-bond donors (Lipinski definition) is 1. The van der Waals surface area contributed by atoms with Crippen LogP contribution in [0.2, 0.25) is 0 Å². The van der Waals surface area contributed by atoms with Crippen molar-refractivity contribution >= 4 is 0 Å². The molecule has 1 atom stereocenters. The fraction of sp³-hybridized carbons (Fsp3) is 0.692. The zero-order valence-electron chi connectivity index (χ0n) is 10.7. The Kier molecular flexibility index (Phi) is 3.33. The summed E-state index contributed by atoms with van der Waals surface area (Å²) in [4.78, 5) is 19.0. The largest absolute Gasteiger partial charge is 0.381 e. The predicted molar refractivity (Wildman–Crippen MR) is 66.2 cm³/mol. The van der Waals surface area contributed by atoms with E-state index in [2.05, 4.69) is 30.7 Å². The van der Waals surface area contributed by atoms with Crippen LogP contribution in [-0.2, 0) is 16.6 Å². The Morgan fingerprint density at radius 2 is 2.29 bits per heavy atom. The van der Waals surface area contributed by atoms with Crippen molar-refractivity contribution in [3.8, 4) is 0 Å². The van der Waals surface area contributed by atoms with Crippen molar-refractivity contribution in [1.29, 1.82) is 0 Å². The van der Waals surface area contributed by atoms with Crippen LogP contribution >= 0.6 is 0 Å². The standard InChI is InChI=1S/C13H20N2O2/c1-13(2,3)10-7-12(16)15-11(14-10)6-9-4-5-17-8-9/h7,9H,4-6,8H2,1-3H3,(H,14,15,16). The third-order valence-corrected chi connectivity index (χ3v) is 3.07. The van der Waals surface area contributed by atoms with Gasteiger partial charge in [0.2, 0.25) is 0 Å². The van der Waals surface area contributed by atoms with Crippen LogP contribution in [0.5, 0.6) is 0 Å². The topological polar surface area (TPSA) is 55.0 Å². The van der Waals surface area contributed by atoms with Crippen LogP contribution < -0.4 is 5.56 Å². The second kappa shape index (κ2) is 4.61. The average Bonchev–Trinajstić information content (AvgIpc) is 2.68. The summed E-state index contributed by atoms with van der Waals surface area (Å²) >= 11 is 0. The highest BCUT2D eigenvalue weighted by atomic mass is 16.5. The van der Waals surface area contributed by atoms with Crippen LogP contribution in [0.25, 0.3) is 0 Å². The van der Waals surface area contributed by atoms with Crippen molar-refractivity contribution in [3.63, 3.8) is 0 Å². The van der Waals surface area contributed by atoms with E-state index < -0.39 is 0 Å². The zero-order chi connectivity index (χ0) is 12.5. The second-order valence-electron chi connectivity index (χ2n) is 5.76. The van der Waals surface area contributed by atoms with E-state index >= 15 is 0 Å². The van der Waals surface area contributed by atoms with E-state index in [4.69, 9.17) is 4.74 Å². The first kappa shape index (κ1) is 12.3. The molecule has 0 bridgehead atoms. The first-order valence-electron chi connectivity index (χ1n) is 6.13. The van der Waals surface area contributed by atoms with E-state index in [9.17, 15) is 4.79 Å². The van der Waals surface area contributed by atoms with Gasteiger partial charge in [0.1, 0.15) is 5.82 Å². The summed E-state index contributed by atoms with van der Waals surface area (Å²) < 4.78 is 5.34.